The predicted octanol–water partition coefficient (Wildman–Crippen LogP) is 1.04. The minimum absolute atomic E-state index is 0.0528. The zero-order valence-corrected chi connectivity index (χ0v) is 13.4. The van der Waals surface area contributed by atoms with Crippen LogP contribution in [0.5, 0.6) is 0 Å². The van der Waals surface area contributed by atoms with E-state index in [1.165, 1.54) is 10.6 Å². The van der Waals surface area contributed by atoms with Gasteiger partial charge in [-0.05, 0) is 18.9 Å². The van der Waals surface area contributed by atoms with E-state index in [4.69, 9.17) is 0 Å². The maximum Gasteiger partial charge on any atom is 0.211 e. The van der Waals surface area contributed by atoms with Gasteiger partial charge in [0.05, 0.1) is 12.5 Å². The van der Waals surface area contributed by atoms with Crippen molar-refractivity contribution in [2.45, 2.75) is 18.8 Å². The number of nitrogens with zero attached hydrogens (tertiary/aromatic N) is 5. The fraction of sp³-hybridized carbons (Fsp3) is 0.429. The third-order valence-corrected chi connectivity index (χ3v) is 5.63. The van der Waals surface area contributed by atoms with E-state index in [0.29, 0.717) is 24.3 Å². The second-order valence-electron chi connectivity index (χ2n) is 5.89. The van der Waals surface area contributed by atoms with Crippen LogP contribution in [0.3, 0.4) is 0 Å². The van der Waals surface area contributed by atoms with Crippen LogP contribution in [0.2, 0.25) is 0 Å². The first kappa shape index (κ1) is 14.5. The zero-order valence-electron chi connectivity index (χ0n) is 12.6. The summed E-state index contributed by atoms with van der Waals surface area (Å²) in [7, 11) is -3.19. The average molecular weight is 332 g/mol. The third kappa shape index (κ3) is 2.45. The zero-order chi connectivity index (χ0) is 16.0. The molecular weight excluding hydrogens is 316 g/mol. The van der Waals surface area contributed by atoms with Crippen LogP contribution in [-0.2, 0) is 10.0 Å². The summed E-state index contributed by atoms with van der Waals surface area (Å²) >= 11 is 0. The number of H-pyrrole nitrogens is 1. The molecule has 1 atom stereocenters. The van der Waals surface area contributed by atoms with Gasteiger partial charge in [-0.3, -0.25) is 5.10 Å². The molecule has 0 amide bonds. The van der Waals surface area contributed by atoms with Gasteiger partial charge in [-0.15, -0.1) is 10.2 Å². The Balaban J connectivity index is 1.86. The Morgan fingerprint density at radius 2 is 2.22 bits per heavy atom. The van der Waals surface area contributed by atoms with Gasteiger partial charge in [-0.2, -0.15) is 5.10 Å². The van der Waals surface area contributed by atoms with Crippen molar-refractivity contribution in [3.63, 3.8) is 0 Å². The van der Waals surface area contributed by atoms with Crippen molar-refractivity contribution < 1.29 is 8.42 Å². The second kappa shape index (κ2) is 5.20. The molecule has 120 valence electrons. The Kier molecular flexibility index (Phi) is 3.27. The third-order valence-electron chi connectivity index (χ3n) is 4.36. The van der Waals surface area contributed by atoms with E-state index >= 15 is 0 Å². The molecule has 1 aliphatic rings. The lowest BCUT2D eigenvalue weighted by Crippen LogP contribution is -2.38. The highest BCUT2D eigenvalue weighted by Crippen LogP contribution is 2.33. The summed E-state index contributed by atoms with van der Waals surface area (Å²) in [5.74, 6) is 0.0528. The molecule has 3 aromatic heterocycles. The van der Waals surface area contributed by atoms with Crippen molar-refractivity contribution in [1.29, 1.82) is 0 Å². The molecule has 9 heteroatoms. The summed E-state index contributed by atoms with van der Waals surface area (Å²) in [6, 6.07) is 1.90. The summed E-state index contributed by atoms with van der Waals surface area (Å²) in [5, 5.41) is 17.3. The standard InChI is InChI=1S/C14H16N6O2S/c1-23(21,22)20-6-2-3-9(8-20)13-12-10-4-5-15-14(10)19-17-11(12)7-16-18-13/h4-5,7,9,18H,2-3,6,8H2,1H3. The summed E-state index contributed by atoms with van der Waals surface area (Å²) in [4.78, 5) is 4.20. The molecular formula is C14H16N6O2S. The van der Waals surface area contributed by atoms with E-state index in [2.05, 4.69) is 25.4 Å². The molecule has 0 aromatic carbocycles. The molecule has 1 fully saturated rings. The van der Waals surface area contributed by atoms with Gasteiger partial charge in [0.15, 0.2) is 5.65 Å². The molecule has 0 spiro atoms. The molecule has 1 saturated heterocycles. The summed E-state index contributed by atoms with van der Waals surface area (Å²) < 4.78 is 25.3. The smallest absolute Gasteiger partial charge is 0.211 e. The highest BCUT2D eigenvalue weighted by Gasteiger charge is 2.29. The van der Waals surface area contributed by atoms with Crippen LogP contribution in [0.1, 0.15) is 24.5 Å². The first-order chi connectivity index (χ1) is 11.0. The van der Waals surface area contributed by atoms with E-state index in [-0.39, 0.29) is 5.92 Å². The highest BCUT2D eigenvalue weighted by atomic mass is 32.2. The molecule has 1 unspecified atom stereocenters. The van der Waals surface area contributed by atoms with Crippen LogP contribution in [0.15, 0.2) is 18.5 Å². The highest BCUT2D eigenvalue weighted by molar-refractivity contribution is 7.88. The summed E-state index contributed by atoms with van der Waals surface area (Å²) in [5.41, 5.74) is 2.19. The van der Waals surface area contributed by atoms with E-state index in [9.17, 15) is 8.42 Å². The topological polar surface area (TPSA) is 105 Å². The molecule has 8 nitrogen and oxygen atoms in total. The SMILES string of the molecule is CS(=O)(=O)N1CCCC(c2[nH]ncc3nnc4nccc4c23)C1. The van der Waals surface area contributed by atoms with E-state index in [0.717, 1.165) is 29.3 Å². The molecule has 1 aliphatic heterocycles. The Bertz CT molecular complexity index is 983. The summed E-state index contributed by atoms with van der Waals surface area (Å²) in [6.07, 6.45) is 6.32. The molecule has 0 aliphatic carbocycles. The number of aromatic amines is 1. The molecule has 0 bridgehead atoms. The number of hydrogen-bond donors (Lipinski definition) is 1. The quantitative estimate of drug-likeness (QED) is 0.752. The lowest BCUT2D eigenvalue weighted by atomic mass is 9.93. The van der Waals surface area contributed by atoms with Gasteiger partial charge < -0.3 is 0 Å². The first-order valence-corrected chi connectivity index (χ1v) is 9.28. The molecule has 0 saturated carbocycles. The lowest BCUT2D eigenvalue weighted by Gasteiger charge is -2.31. The minimum atomic E-state index is -3.19. The Labute approximate surface area is 133 Å². The van der Waals surface area contributed by atoms with Crippen molar-refractivity contribution >= 4 is 32.0 Å². The van der Waals surface area contributed by atoms with Crippen LogP contribution in [0.4, 0.5) is 0 Å². The molecule has 4 heterocycles. The average Bonchev–Trinajstić information content (AvgIpc) is 3.02. The van der Waals surface area contributed by atoms with Gasteiger partial charge in [-0.1, -0.05) is 0 Å². The van der Waals surface area contributed by atoms with Crippen molar-refractivity contribution in [2.24, 2.45) is 0 Å². The molecule has 0 radical (unpaired) electrons. The van der Waals surface area contributed by atoms with Crippen molar-refractivity contribution in [3.05, 3.63) is 24.2 Å². The van der Waals surface area contributed by atoms with Crippen molar-refractivity contribution in [1.82, 2.24) is 29.7 Å². The first-order valence-electron chi connectivity index (χ1n) is 7.43. The number of rotatable bonds is 2. The van der Waals surface area contributed by atoms with E-state index in [1.54, 1.807) is 12.4 Å². The van der Waals surface area contributed by atoms with E-state index in [1.807, 2.05) is 6.07 Å². The maximum atomic E-state index is 11.9. The van der Waals surface area contributed by atoms with Gasteiger partial charge in [0, 0.05) is 41.7 Å². The van der Waals surface area contributed by atoms with Crippen LogP contribution in [-0.4, -0.2) is 57.4 Å². The monoisotopic (exact) mass is 332 g/mol. The molecule has 3 aromatic rings. The Morgan fingerprint density at radius 1 is 1.35 bits per heavy atom. The van der Waals surface area contributed by atoms with Gasteiger partial charge in [-0.25, -0.2) is 17.7 Å². The fourth-order valence-corrected chi connectivity index (χ4v) is 4.17. The van der Waals surface area contributed by atoms with Gasteiger partial charge in [0.2, 0.25) is 10.0 Å². The second-order valence-corrected chi connectivity index (χ2v) is 7.87. The van der Waals surface area contributed by atoms with Crippen molar-refractivity contribution in [2.75, 3.05) is 19.3 Å². The van der Waals surface area contributed by atoms with Gasteiger partial charge >= 0.3 is 0 Å². The lowest BCUT2D eigenvalue weighted by molar-refractivity contribution is 0.315. The van der Waals surface area contributed by atoms with Crippen molar-refractivity contribution in [3.8, 4) is 0 Å². The fourth-order valence-electron chi connectivity index (χ4n) is 3.26. The maximum absolute atomic E-state index is 11.9. The largest absolute Gasteiger partial charge is 0.282 e. The number of fused-ring (bicyclic) bond motifs is 3. The number of nitrogens with one attached hydrogen (secondary N) is 1. The van der Waals surface area contributed by atoms with Gasteiger partial charge in [0.25, 0.3) is 0 Å². The van der Waals surface area contributed by atoms with E-state index < -0.39 is 10.0 Å². The van der Waals surface area contributed by atoms with Crippen LogP contribution in [0, 0.1) is 0 Å². The number of aromatic nitrogens is 5. The molecule has 4 rings (SSSR count). The van der Waals surface area contributed by atoms with Crippen LogP contribution >= 0.6 is 0 Å². The van der Waals surface area contributed by atoms with Crippen LogP contribution < -0.4 is 0 Å². The predicted molar refractivity (Wildman–Crippen MR) is 85.4 cm³/mol. The normalized spacial score (nSPS) is 20.3. The minimum Gasteiger partial charge on any atom is -0.282 e. The molecule has 23 heavy (non-hydrogen) atoms. The Hall–Kier alpha value is -2.13. The van der Waals surface area contributed by atoms with Gasteiger partial charge in [0.1, 0.15) is 5.52 Å². The van der Waals surface area contributed by atoms with Crippen LogP contribution in [0.25, 0.3) is 21.9 Å². The number of hydrogen-bond acceptors (Lipinski definition) is 6. The summed E-state index contributed by atoms with van der Waals surface area (Å²) in [6.45, 7) is 1.02. The number of sulfonamides is 1. The molecule has 1 N–H and O–H groups in total. The number of piperidine rings is 1. The Morgan fingerprint density at radius 3 is 3.04 bits per heavy atom.